The molecule has 1 aromatic carbocycles. The van der Waals surface area contributed by atoms with Gasteiger partial charge in [-0.2, -0.15) is 5.10 Å². The van der Waals surface area contributed by atoms with Crippen LogP contribution in [-0.4, -0.2) is 26.8 Å². The summed E-state index contributed by atoms with van der Waals surface area (Å²) in [7, 11) is 0. The molecule has 2 aromatic rings. The number of hydrogen-bond donors (Lipinski definition) is 1. The van der Waals surface area contributed by atoms with Crippen LogP contribution in [0.15, 0.2) is 29.4 Å². The van der Waals surface area contributed by atoms with E-state index >= 15 is 0 Å². The Balaban J connectivity index is 1.45. The second kappa shape index (κ2) is 6.01. The van der Waals surface area contributed by atoms with Gasteiger partial charge in [0.1, 0.15) is 5.82 Å². The molecule has 2 aliphatic carbocycles. The Morgan fingerprint density at radius 2 is 2.00 bits per heavy atom. The van der Waals surface area contributed by atoms with Gasteiger partial charge in [0.2, 0.25) is 11.1 Å². The maximum Gasteiger partial charge on any atom is 0.234 e. The van der Waals surface area contributed by atoms with Gasteiger partial charge in [-0.05, 0) is 42.5 Å². The van der Waals surface area contributed by atoms with Gasteiger partial charge >= 0.3 is 0 Å². The molecule has 7 heteroatoms. The Labute approximate surface area is 156 Å². The largest absolute Gasteiger partial charge is 0.325 e. The molecule has 2 unspecified atom stereocenters. The van der Waals surface area contributed by atoms with Crippen LogP contribution >= 0.6 is 11.8 Å². The monoisotopic (exact) mass is 372 g/mol. The SMILES string of the molecule is CC12CCC(c3nnc(SCC(=O)Nc4ccc(F)cc4)nc31)C2(C)C. The zero-order valence-corrected chi connectivity index (χ0v) is 15.9. The molecule has 0 spiro atoms. The van der Waals surface area contributed by atoms with Gasteiger partial charge in [0.15, 0.2) is 0 Å². The average molecular weight is 372 g/mol. The van der Waals surface area contributed by atoms with Gasteiger partial charge < -0.3 is 5.32 Å². The number of benzene rings is 1. The minimum absolute atomic E-state index is 0.0224. The molecule has 136 valence electrons. The molecule has 1 heterocycles. The zero-order valence-electron chi connectivity index (χ0n) is 15.0. The minimum Gasteiger partial charge on any atom is -0.325 e. The quantitative estimate of drug-likeness (QED) is 0.824. The lowest BCUT2D eigenvalue weighted by atomic mass is 9.70. The van der Waals surface area contributed by atoms with Gasteiger partial charge in [-0.25, -0.2) is 9.37 Å². The Kier molecular flexibility index (Phi) is 4.02. The second-order valence-corrected chi connectivity index (χ2v) is 8.76. The van der Waals surface area contributed by atoms with Gasteiger partial charge in [0.25, 0.3) is 0 Å². The number of hydrogen-bond acceptors (Lipinski definition) is 5. The second-order valence-electron chi connectivity index (χ2n) is 7.82. The number of anilines is 1. The van der Waals surface area contributed by atoms with Crippen molar-refractivity contribution in [1.29, 1.82) is 0 Å². The van der Waals surface area contributed by atoms with E-state index < -0.39 is 0 Å². The van der Waals surface area contributed by atoms with Crippen molar-refractivity contribution in [2.24, 2.45) is 5.41 Å². The lowest BCUT2D eigenvalue weighted by molar-refractivity contribution is -0.113. The predicted octanol–water partition coefficient (Wildman–Crippen LogP) is 3.92. The number of amides is 1. The molecule has 5 nitrogen and oxygen atoms in total. The molecular formula is C19H21FN4OS. The molecule has 0 saturated heterocycles. The van der Waals surface area contributed by atoms with Crippen molar-refractivity contribution in [3.63, 3.8) is 0 Å². The van der Waals surface area contributed by atoms with Crippen LogP contribution in [0.1, 0.15) is 50.9 Å². The Bertz CT molecular complexity index is 870. The van der Waals surface area contributed by atoms with Crippen LogP contribution in [0, 0.1) is 11.2 Å². The maximum atomic E-state index is 12.9. The fourth-order valence-electron chi connectivity index (χ4n) is 4.28. The lowest BCUT2D eigenvalue weighted by Crippen LogP contribution is -2.32. The molecule has 0 aliphatic heterocycles. The van der Waals surface area contributed by atoms with E-state index in [0.29, 0.717) is 16.8 Å². The molecule has 2 aliphatic rings. The van der Waals surface area contributed by atoms with Crippen molar-refractivity contribution in [3.05, 3.63) is 41.5 Å². The highest BCUT2D eigenvalue weighted by atomic mass is 32.2. The number of carbonyl (C=O) groups excluding carboxylic acids is 1. The van der Waals surface area contributed by atoms with Crippen LogP contribution in [0.3, 0.4) is 0 Å². The summed E-state index contributed by atoms with van der Waals surface area (Å²) in [5.41, 5.74) is 2.81. The van der Waals surface area contributed by atoms with E-state index in [1.165, 1.54) is 36.0 Å². The number of rotatable bonds is 4. The van der Waals surface area contributed by atoms with E-state index in [4.69, 9.17) is 4.98 Å². The minimum atomic E-state index is -0.333. The van der Waals surface area contributed by atoms with Crippen molar-refractivity contribution in [3.8, 4) is 0 Å². The summed E-state index contributed by atoms with van der Waals surface area (Å²) in [6.45, 7) is 6.84. The van der Waals surface area contributed by atoms with E-state index in [1.54, 1.807) is 0 Å². The van der Waals surface area contributed by atoms with Crippen LogP contribution in [0.5, 0.6) is 0 Å². The Morgan fingerprint density at radius 3 is 2.73 bits per heavy atom. The number of nitrogens with zero attached hydrogens (tertiary/aromatic N) is 3. The average Bonchev–Trinajstić information content (AvgIpc) is 2.94. The summed E-state index contributed by atoms with van der Waals surface area (Å²) in [5.74, 6) is 0.0873. The third kappa shape index (κ3) is 2.60. The van der Waals surface area contributed by atoms with Gasteiger partial charge in [0.05, 0.1) is 17.1 Å². The lowest BCUT2D eigenvalue weighted by Gasteiger charge is -2.33. The standard InChI is InChI=1S/C19H21FN4OS/c1-18(2)13-8-9-19(18,3)16-15(13)23-24-17(22-16)26-10-14(25)21-12-6-4-11(20)5-7-12/h4-7,13H,8-10H2,1-3H3,(H,21,25). The first-order chi connectivity index (χ1) is 12.3. The van der Waals surface area contributed by atoms with Crippen molar-refractivity contribution < 1.29 is 9.18 Å². The molecule has 1 saturated carbocycles. The van der Waals surface area contributed by atoms with E-state index in [2.05, 4.69) is 36.3 Å². The van der Waals surface area contributed by atoms with Crippen LogP contribution in [0.2, 0.25) is 0 Å². The van der Waals surface area contributed by atoms with E-state index in [-0.39, 0.29) is 28.3 Å². The summed E-state index contributed by atoms with van der Waals surface area (Å²) in [6, 6.07) is 5.69. The molecule has 1 fully saturated rings. The molecule has 1 aromatic heterocycles. The fourth-order valence-corrected chi connectivity index (χ4v) is 4.87. The van der Waals surface area contributed by atoms with Gasteiger partial charge in [-0.15, -0.1) is 5.10 Å². The third-order valence-electron chi connectivity index (χ3n) is 6.23. The molecule has 1 amide bonds. The first-order valence-electron chi connectivity index (χ1n) is 8.74. The smallest absolute Gasteiger partial charge is 0.234 e. The summed E-state index contributed by atoms with van der Waals surface area (Å²) in [4.78, 5) is 16.9. The molecule has 2 atom stereocenters. The Hall–Kier alpha value is -2.02. The summed E-state index contributed by atoms with van der Waals surface area (Å²) >= 11 is 1.27. The molecule has 26 heavy (non-hydrogen) atoms. The number of thioether (sulfide) groups is 1. The van der Waals surface area contributed by atoms with Gasteiger partial charge in [-0.1, -0.05) is 32.5 Å². The molecule has 0 radical (unpaired) electrons. The third-order valence-corrected chi connectivity index (χ3v) is 7.07. The zero-order chi connectivity index (χ0) is 18.5. The van der Waals surface area contributed by atoms with Crippen LogP contribution in [0.25, 0.3) is 0 Å². The normalized spacial score (nSPS) is 25.2. The number of halogens is 1. The molecule has 1 N–H and O–H groups in total. The summed E-state index contributed by atoms with van der Waals surface area (Å²) < 4.78 is 12.9. The van der Waals surface area contributed by atoms with E-state index in [9.17, 15) is 9.18 Å². The van der Waals surface area contributed by atoms with Crippen molar-refractivity contribution in [2.45, 2.75) is 50.1 Å². The van der Waals surface area contributed by atoms with Crippen molar-refractivity contribution in [1.82, 2.24) is 15.2 Å². The Morgan fingerprint density at radius 1 is 1.27 bits per heavy atom. The van der Waals surface area contributed by atoms with Crippen LogP contribution in [0.4, 0.5) is 10.1 Å². The first-order valence-corrected chi connectivity index (χ1v) is 9.73. The van der Waals surface area contributed by atoms with Gasteiger partial charge in [0, 0.05) is 17.0 Å². The number of fused-ring (bicyclic) bond motifs is 5. The van der Waals surface area contributed by atoms with Gasteiger partial charge in [-0.3, -0.25) is 4.79 Å². The summed E-state index contributed by atoms with van der Waals surface area (Å²) in [6.07, 6.45) is 2.25. The topological polar surface area (TPSA) is 67.8 Å². The van der Waals surface area contributed by atoms with E-state index in [1.807, 2.05) is 0 Å². The number of carbonyl (C=O) groups is 1. The highest BCUT2D eigenvalue weighted by molar-refractivity contribution is 7.99. The molecule has 4 rings (SSSR count). The van der Waals surface area contributed by atoms with Crippen LogP contribution in [-0.2, 0) is 10.2 Å². The fraction of sp³-hybridized carbons (Fsp3) is 0.474. The maximum absolute atomic E-state index is 12.9. The van der Waals surface area contributed by atoms with Crippen LogP contribution < -0.4 is 5.32 Å². The van der Waals surface area contributed by atoms with Crippen molar-refractivity contribution in [2.75, 3.05) is 11.1 Å². The molecular weight excluding hydrogens is 351 g/mol. The summed E-state index contributed by atoms with van der Waals surface area (Å²) in [5, 5.41) is 11.9. The van der Waals surface area contributed by atoms with Crippen molar-refractivity contribution >= 4 is 23.4 Å². The molecule has 2 bridgehead atoms. The highest BCUT2D eigenvalue weighted by Crippen LogP contribution is 2.66. The highest BCUT2D eigenvalue weighted by Gasteiger charge is 2.61. The van der Waals surface area contributed by atoms with E-state index in [0.717, 1.165) is 24.2 Å². The number of aromatic nitrogens is 3. The number of nitrogens with one attached hydrogen (secondary N) is 1. The predicted molar refractivity (Wildman–Crippen MR) is 98.7 cm³/mol. The first kappa shape index (κ1) is 17.4.